The maximum absolute atomic E-state index is 9.63. The molecule has 1 aromatic carbocycles. The van der Waals surface area contributed by atoms with Crippen LogP contribution in [0, 0.1) is 17.8 Å². The first-order valence-electron chi connectivity index (χ1n) is 7.46. The highest BCUT2D eigenvalue weighted by Gasteiger charge is 2.35. The van der Waals surface area contributed by atoms with Crippen LogP contribution in [0.4, 0.5) is 0 Å². The number of hydrogen-bond acceptors (Lipinski definition) is 3. The lowest BCUT2D eigenvalue weighted by Gasteiger charge is -2.23. The average molecular weight is 273 g/mol. The van der Waals surface area contributed by atoms with Gasteiger partial charge in [-0.3, -0.25) is 0 Å². The Morgan fingerprint density at radius 1 is 1.35 bits per heavy atom. The zero-order valence-corrected chi connectivity index (χ0v) is 12.0. The summed E-state index contributed by atoms with van der Waals surface area (Å²) < 4.78 is 5.25. The van der Waals surface area contributed by atoms with E-state index >= 15 is 0 Å². The van der Waals surface area contributed by atoms with Crippen molar-refractivity contribution in [2.24, 2.45) is 17.8 Å². The summed E-state index contributed by atoms with van der Waals surface area (Å²) in [5.74, 6) is 3.11. The topological polar surface area (TPSA) is 41.5 Å². The van der Waals surface area contributed by atoms with Gasteiger partial charge in [-0.2, -0.15) is 0 Å². The molecule has 4 atom stereocenters. The zero-order chi connectivity index (χ0) is 13.9. The molecule has 0 aliphatic heterocycles. The number of methoxy groups -OCH3 is 1. The van der Waals surface area contributed by atoms with E-state index in [1.807, 2.05) is 24.3 Å². The average Bonchev–Trinajstić information content (AvgIpc) is 3.11. The molecule has 0 amide bonds. The predicted molar refractivity (Wildman–Crippen MR) is 79.7 cm³/mol. The van der Waals surface area contributed by atoms with Crippen molar-refractivity contribution in [3.63, 3.8) is 0 Å². The number of benzene rings is 1. The predicted octanol–water partition coefficient (Wildman–Crippen LogP) is 2.53. The van der Waals surface area contributed by atoms with Crippen LogP contribution in [-0.4, -0.2) is 25.4 Å². The number of fused-ring (bicyclic) bond motifs is 2. The molecule has 2 aliphatic carbocycles. The second-order valence-corrected chi connectivity index (χ2v) is 5.96. The maximum atomic E-state index is 9.63. The van der Waals surface area contributed by atoms with Gasteiger partial charge in [-0.1, -0.05) is 24.3 Å². The summed E-state index contributed by atoms with van der Waals surface area (Å²) in [5, 5.41) is 13.2. The highest BCUT2D eigenvalue weighted by Crippen LogP contribution is 2.43. The number of aliphatic hydroxyl groups excluding tert-OH is 1. The molecular formula is C17H23NO2. The standard InChI is InChI=1S/C17H23NO2/c1-20-16-4-2-3-14(9-16)17(11-19)18-10-15-8-12-5-6-13(15)7-12/h2-6,9,12-13,15,17-19H,7-8,10-11H2,1H3. The zero-order valence-electron chi connectivity index (χ0n) is 12.0. The van der Waals surface area contributed by atoms with Gasteiger partial charge in [0.2, 0.25) is 0 Å². The Kier molecular flexibility index (Phi) is 4.08. The van der Waals surface area contributed by atoms with Gasteiger partial charge in [0.05, 0.1) is 19.8 Å². The molecule has 2 bridgehead atoms. The molecule has 0 aromatic heterocycles. The summed E-state index contributed by atoms with van der Waals surface area (Å²) in [5.41, 5.74) is 1.09. The van der Waals surface area contributed by atoms with Crippen LogP contribution in [0.1, 0.15) is 24.4 Å². The van der Waals surface area contributed by atoms with Gasteiger partial charge < -0.3 is 15.2 Å². The fourth-order valence-electron chi connectivity index (χ4n) is 3.57. The molecule has 20 heavy (non-hydrogen) atoms. The summed E-state index contributed by atoms with van der Waals surface area (Å²) in [6.07, 6.45) is 7.37. The molecule has 3 heteroatoms. The second kappa shape index (κ2) is 5.98. The van der Waals surface area contributed by atoms with E-state index in [2.05, 4.69) is 17.5 Å². The Hall–Kier alpha value is -1.32. The smallest absolute Gasteiger partial charge is 0.119 e. The fourth-order valence-corrected chi connectivity index (χ4v) is 3.57. The van der Waals surface area contributed by atoms with Gasteiger partial charge in [0.15, 0.2) is 0 Å². The maximum Gasteiger partial charge on any atom is 0.119 e. The van der Waals surface area contributed by atoms with Crippen LogP contribution in [-0.2, 0) is 0 Å². The third kappa shape index (κ3) is 2.74. The van der Waals surface area contributed by atoms with Crippen molar-refractivity contribution >= 4 is 0 Å². The Morgan fingerprint density at radius 2 is 2.25 bits per heavy atom. The highest BCUT2D eigenvalue weighted by atomic mass is 16.5. The van der Waals surface area contributed by atoms with Gasteiger partial charge in [-0.25, -0.2) is 0 Å². The molecule has 1 aromatic rings. The molecule has 0 spiro atoms. The number of ether oxygens (including phenoxy) is 1. The summed E-state index contributed by atoms with van der Waals surface area (Å²) in [4.78, 5) is 0. The quantitative estimate of drug-likeness (QED) is 0.783. The molecule has 2 aliphatic rings. The van der Waals surface area contributed by atoms with E-state index in [0.717, 1.165) is 35.6 Å². The van der Waals surface area contributed by atoms with Gasteiger partial charge >= 0.3 is 0 Å². The first-order valence-corrected chi connectivity index (χ1v) is 7.46. The van der Waals surface area contributed by atoms with Gasteiger partial charge in [-0.15, -0.1) is 0 Å². The van der Waals surface area contributed by atoms with Crippen molar-refractivity contribution in [1.29, 1.82) is 0 Å². The molecule has 0 saturated heterocycles. The van der Waals surface area contributed by atoms with Crippen molar-refractivity contribution in [2.75, 3.05) is 20.3 Å². The van der Waals surface area contributed by atoms with Gasteiger partial charge in [0, 0.05) is 0 Å². The molecule has 0 heterocycles. The minimum Gasteiger partial charge on any atom is -0.497 e. The summed E-state index contributed by atoms with van der Waals surface area (Å²) in [7, 11) is 1.67. The van der Waals surface area contributed by atoms with E-state index in [-0.39, 0.29) is 12.6 Å². The first-order chi connectivity index (χ1) is 9.80. The summed E-state index contributed by atoms with van der Waals surface area (Å²) >= 11 is 0. The Labute approximate surface area is 120 Å². The van der Waals surface area contributed by atoms with Crippen molar-refractivity contribution < 1.29 is 9.84 Å². The molecule has 2 N–H and O–H groups in total. The van der Waals surface area contributed by atoms with Gasteiger partial charge in [0.1, 0.15) is 5.75 Å². The number of allylic oxidation sites excluding steroid dienone is 2. The van der Waals surface area contributed by atoms with Gasteiger partial charge in [-0.05, 0) is 54.8 Å². The molecule has 3 nitrogen and oxygen atoms in total. The molecular weight excluding hydrogens is 250 g/mol. The van der Waals surface area contributed by atoms with Crippen molar-refractivity contribution in [3.8, 4) is 5.75 Å². The van der Waals surface area contributed by atoms with E-state index < -0.39 is 0 Å². The normalized spacial score (nSPS) is 28.8. The van der Waals surface area contributed by atoms with Gasteiger partial charge in [0.25, 0.3) is 0 Å². The molecule has 1 fully saturated rings. The van der Waals surface area contributed by atoms with E-state index in [4.69, 9.17) is 4.74 Å². The summed E-state index contributed by atoms with van der Waals surface area (Å²) in [6, 6.07) is 7.93. The van der Waals surface area contributed by atoms with Crippen LogP contribution in [0.3, 0.4) is 0 Å². The molecule has 1 saturated carbocycles. The number of nitrogens with one attached hydrogen (secondary N) is 1. The SMILES string of the molecule is COc1cccc(C(CO)NCC2CC3C=CC2C3)c1. The van der Waals surface area contributed by atoms with Crippen LogP contribution >= 0.6 is 0 Å². The number of aliphatic hydroxyl groups is 1. The van der Waals surface area contributed by atoms with E-state index in [0.29, 0.717) is 0 Å². The van der Waals surface area contributed by atoms with Crippen LogP contribution in [0.15, 0.2) is 36.4 Å². The fraction of sp³-hybridized carbons (Fsp3) is 0.529. The van der Waals surface area contributed by atoms with Crippen LogP contribution in [0.25, 0.3) is 0 Å². The van der Waals surface area contributed by atoms with E-state index in [1.54, 1.807) is 7.11 Å². The summed E-state index contributed by atoms with van der Waals surface area (Å²) in [6.45, 7) is 1.10. The minimum atomic E-state index is -0.00629. The van der Waals surface area contributed by atoms with Crippen molar-refractivity contribution in [1.82, 2.24) is 5.32 Å². The van der Waals surface area contributed by atoms with Crippen molar-refractivity contribution in [3.05, 3.63) is 42.0 Å². The Bertz CT molecular complexity index is 486. The van der Waals surface area contributed by atoms with Crippen LogP contribution in [0.2, 0.25) is 0 Å². The first kappa shape index (κ1) is 13.7. The molecule has 0 radical (unpaired) electrons. The molecule has 4 unspecified atom stereocenters. The van der Waals surface area contributed by atoms with E-state index in [9.17, 15) is 5.11 Å². The largest absolute Gasteiger partial charge is 0.497 e. The molecule has 3 rings (SSSR count). The number of rotatable bonds is 6. The van der Waals surface area contributed by atoms with Crippen LogP contribution in [0.5, 0.6) is 5.75 Å². The van der Waals surface area contributed by atoms with Crippen molar-refractivity contribution in [2.45, 2.75) is 18.9 Å². The van der Waals surface area contributed by atoms with E-state index in [1.165, 1.54) is 12.8 Å². The Morgan fingerprint density at radius 3 is 2.90 bits per heavy atom. The third-order valence-corrected chi connectivity index (χ3v) is 4.72. The second-order valence-electron chi connectivity index (χ2n) is 5.96. The number of hydrogen-bond donors (Lipinski definition) is 2. The monoisotopic (exact) mass is 273 g/mol. The lowest BCUT2D eigenvalue weighted by Crippen LogP contribution is -2.31. The van der Waals surface area contributed by atoms with Crippen LogP contribution < -0.4 is 10.1 Å². The lowest BCUT2D eigenvalue weighted by atomic mass is 9.93. The lowest BCUT2D eigenvalue weighted by molar-refractivity contribution is 0.235. The highest BCUT2D eigenvalue weighted by molar-refractivity contribution is 5.30. The third-order valence-electron chi connectivity index (χ3n) is 4.72. The minimum absolute atomic E-state index is 0.00629. The molecule has 108 valence electrons. The Balaban J connectivity index is 1.60.